The molecule has 0 saturated heterocycles. The summed E-state index contributed by atoms with van der Waals surface area (Å²) in [5.74, 6) is 0.0385. The summed E-state index contributed by atoms with van der Waals surface area (Å²) in [7, 11) is 0. The molecule has 3 heterocycles. The first-order valence-electron chi connectivity index (χ1n) is 8.76. The number of carbonyl (C=O) groups is 1. The molecule has 1 N–H and O–H groups in total. The van der Waals surface area contributed by atoms with Crippen LogP contribution in [0.3, 0.4) is 0 Å². The van der Waals surface area contributed by atoms with E-state index in [9.17, 15) is 9.59 Å². The minimum Gasteiger partial charge on any atom is -0.450 e. The number of H-pyrrole nitrogens is 1. The summed E-state index contributed by atoms with van der Waals surface area (Å²) in [6, 6.07) is 1.96. The highest BCUT2D eigenvalue weighted by Gasteiger charge is 2.22. The number of nitrogens with one attached hydrogen (secondary N) is 1. The zero-order valence-electron chi connectivity index (χ0n) is 15.0. The van der Waals surface area contributed by atoms with E-state index in [-0.39, 0.29) is 11.5 Å². The summed E-state index contributed by atoms with van der Waals surface area (Å²) in [6.07, 6.45) is 3.84. The molecule has 0 aromatic carbocycles. The van der Waals surface area contributed by atoms with E-state index in [0.717, 1.165) is 23.3 Å². The van der Waals surface area contributed by atoms with Crippen LogP contribution < -0.4 is 5.56 Å². The molecule has 0 fully saturated rings. The number of nitrogens with zero attached hydrogens (tertiary/aromatic N) is 1. The molecule has 3 aromatic rings. The average molecular weight is 389 g/mol. The van der Waals surface area contributed by atoms with Crippen molar-refractivity contribution >= 4 is 38.9 Å². The number of thiophene rings is 2. The molecule has 0 unspecified atom stereocenters. The zero-order valence-corrected chi connectivity index (χ0v) is 16.6. The standard InChI is InChI=1S/C19H20N2O3S2/c1-9-11(3)25-18-15(9)17(22)20-16(21-18)10(2)24-19(23)14-8-12-6-4-5-7-13(12)26-14/h8,10H,4-7H2,1-3H3,(H,20,21,22)/t10-/m1/s1. The van der Waals surface area contributed by atoms with Crippen LogP contribution >= 0.6 is 22.7 Å². The summed E-state index contributed by atoms with van der Waals surface area (Å²) >= 11 is 3.02. The third-order valence-electron chi connectivity index (χ3n) is 4.92. The van der Waals surface area contributed by atoms with E-state index in [2.05, 4.69) is 9.97 Å². The molecule has 0 bridgehead atoms. The summed E-state index contributed by atoms with van der Waals surface area (Å²) in [4.78, 5) is 35.9. The molecule has 26 heavy (non-hydrogen) atoms. The maximum absolute atomic E-state index is 12.5. The van der Waals surface area contributed by atoms with Crippen molar-refractivity contribution in [1.82, 2.24) is 9.97 Å². The lowest BCUT2D eigenvalue weighted by molar-refractivity contribution is 0.0326. The van der Waals surface area contributed by atoms with Gasteiger partial charge < -0.3 is 9.72 Å². The highest BCUT2D eigenvalue weighted by Crippen LogP contribution is 2.31. The summed E-state index contributed by atoms with van der Waals surface area (Å²) < 4.78 is 5.58. The van der Waals surface area contributed by atoms with Crippen molar-refractivity contribution in [2.75, 3.05) is 0 Å². The lowest BCUT2D eigenvalue weighted by Gasteiger charge is -2.11. The molecular formula is C19H20N2O3S2. The number of esters is 1. The van der Waals surface area contributed by atoms with E-state index in [0.29, 0.717) is 20.9 Å². The van der Waals surface area contributed by atoms with Crippen molar-refractivity contribution < 1.29 is 9.53 Å². The Hall–Kier alpha value is -1.99. The van der Waals surface area contributed by atoms with E-state index in [1.54, 1.807) is 6.92 Å². The Bertz CT molecular complexity index is 1040. The van der Waals surface area contributed by atoms with Gasteiger partial charge in [-0.2, -0.15) is 0 Å². The number of aromatic amines is 1. The SMILES string of the molecule is Cc1sc2nc([C@@H](C)OC(=O)c3cc4c(s3)CCCC4)[nH]c(=O)c2c1C. The molecule has 136 valence electrons. The smallest absolute Gasteiger partial charge is 0.349 e. The number of carbonyl (C=O) groups excluding carboxylic acids is 1. The van der Waals surface area contributed by atoms with Gasteiger partial charge in [0.25, 0.3) is 5.56 Å². The fourth-order valence-electron chi connectivity index (χ4n) is 3.33. The van der Waals surface area contributed by atoms with E-state index >= 15 is 0 Å². The van der Waals surface area contributed by atoms with Crippen molar-refractivity contribution in [3.8, 4) is 0 Å². The summed E-state index contributed by atoms with van der Waals surface area (Å²) in [5, 5.41) is 0.626. The van der Waals surface area contributed by atoms with Gasteiger partial charge in [-0.3, -0.25) is 4.79 Å². The maximum atomic E-state index is 12.5. The van der Waals surface area contributed by atoms with Crippen molar-refractivity contribution in [3.63, 3.8) is 0 Å². The van der Waals surface area contributed by atoms with Gasteiger partial charge in [0, 0.05) is 9.75 Å². The van der Waals surface area contributed by atoms with E-state index < -0.39 is 6.10 Å². The molecule has 0 radical (unpaired) electrons. The van der Waals surface area contributed by atoms with Crippen molar-refractivity contribution in [1.29, 1.82) is 0 Å². The Labute approximate surface area is 159 Å². The normalized spacial score (nSPS) is 15.0. The predicted octanol–water partition coefficient (Wildman–Crippen LogP) is 4.46. The Balaban J connectivity index is 1.59. The molecule has 7 heteroatoms. The van der Waals surface area contributed by atoms with Gasteiger partial charge in [0.1, 0.15) is 9.71 Å². The third kappa shape index (κ3) is 2.99. The molecule has 1 aliphatic carbocycles. The fraction of sp³-hybridized carbons (Fsp3) is 0.421. The van der Waals surface area contributed by atoms with Gasteiger partial charge >= 0.3 is 5.97 Å². The Morgan fingerprint density at radius 3 is 2.81 bits per heavy atom. The van der Waals surface area contributed by atoms with Crippen LogP contribution in [0.15, 0.2) is 10.9 Å². The molecule has 4 rings (SSSR count). The number of aromatic nitrogens is 2. The molecule has 1 aliphatic rings. The Morgan fingerprint density at radius 1 is 1.27 bits per heavy atom. The van der Waals surface area contributed by atoms with E-state index in [1.165, 1.54) is 46.0 Å². The van der Waals surface area contributed by atoms with Crippen LogP contribution in [0.2, 0.25) is 0 Å². The minimum absolute atomic E-state index is 0.179. The van der Waals surface area contributed by atoms with Crippen LogP contribution in [0.5, 0.6) is 0 Å². The number of ether oxygens (including phenoxy) is 1. The molecule has 1 atom stereocenters. The fourth-order valence-corrected chi connectivity index (χ4v) is 5.50. The molecule has 0 saturated carbocycles. The first kappa shape index (κ1) is 17.4. The van der Waals surface area contributed by atoms with Crippen LogP contribution in [0.4, 0.5) is 0 Å². The Morgan fingerprint density at radius 2 is 2.04 bits per heavy atom. The van der Waals surface area contributed by atoms with Crippen LogP contribution in [-0.2, 0) is 17.6 Å². The van der Waals surface area contributed by atoms with Gasteiger partial charge in [-0.15, -0.1) is 22.7 Å². The van der Waals surface area contributed by atoms with Crippen molar-refractivity contribution in [2.24, 2.45) is 0 Å². The van der Waals surface area contributed by atoms with Gasteiger partial charge in [-0.05, 0) is 63.6 Å². The monoisotopic (exact) mass is 388 g/mol. The van der Waals surface area contributed by atoms with Crippen LogP contribution in [0.1, 0.15) is 62.2 Å². The molecule has 0 amide bonds. The second-order valence-corrected chi connectivity index (χ2v) is 9.07. The van der Waals surface area contributed by atoms with Crippen molar-refractivity contribution in [2.45, 2.75) is 52.6 Å². The average Bonchev–Trinajstić information content (AvgIpc) is 3.16. The van der Waals surface area contributed by atoms with Crippen LogP contribution in [-0.4, -0.2) is 15.9 Å². The highest BCUT2D eigenvalue weighted by atomic mass is 32.1. The number of hydrogen-bond acceptors (Lipinski definition) is 6. The molecule has 0 spiro atoms. The second kappa shape index (κ2) is 6.63. The molecule has 3 aromatic heterocycles. The van der Waals surface area contributed by atoms with Crippen LogP contribution in [0.25, 0.3) is 10.2 Å². The van der Waals surface area contributed by atoms with Gasteiger partial charge in [-0.1, -0.05) is 0 Å². The molecule has 0 aliphatic heterocycles. The van der Waals surface area contributed by atoms with Gasteiger partial charge in [0.15, 0.2) is 11.9 Å². The van der Waals surface area contributed by atoms with Crippen molar-refractivity contribution in [3.05, 3.63) is 48.0 Å². The maximum Gasteiger partial charge on any atom is 0.349 e. The third-order valence-corrected chi connectivity index (χ3v) is 7.24. The lowest BCUT2D eigenvalue weighted by atomic mass is 9.99. The summed E-state index contributed by atoms with van der Waals surface area (Å²) in [6.45, 7) is 5.64. The summed E-state index contributed by atoms with van der Waals surface area (Å²) in [5.41, 5.74) is 2.05. The first-order valence-corrected chi connectivity index (χ1v) is 10.4. The topological polar surface area (TPSA) is 72.0 Å². The van der Waals surface area contributed by atoms with Crippen LogP contribution in [0, 0.1) is 13.8 Å². The molecular weight excluding hydrogens is 368 g/mol. The highest BCUT2D eigenvalue weighted by molar-refractivity contribution is 7.18. The van der Waals surface area contributed by atoms with Gasteiger partial charge in [-0.25, -0.2) is 9.78 Å². The van der Waals surface area contributed by atoms with Gasteiger partial charge in [0.2, 0.25) is 0 Å². The first-order chi connectivity index (χ1) is 12.4. The zero-order chi connectivity index (χ0) is 18.4. The quantitative estimate of drug-likeness (QED) is 0.673. The number of aryl methyl sites for hydroxylation is 4. The number of fused-ring (bicyclic) bond motifs is 2. The predicted molar refractivity (Wildman–Crippen MR) is 105 cm³/mol. The number of rotatable bonds is 3. The number of hydrogen-bond donors (Lipinski definition) is 1. The van der Waals surface area contributed by atoms with E-state index in [4.69, 9.17) is 4.74 Å². The van der Waals surface area contributed by atoms with E-state index in [1.807, 2.05) is 19.9 Å². The lowest BCUT2D eigenvalue weighted by Crippen LogP contribution is -2.17. The Kier molecular flexibility index (Phi) is 4.44. The second-order valence-electron chi connectivity index (χ2n) is 6.73. The minimum atomic E-state index is -0.610. The molecule has 5 nitrogen and oxygen atoms in total. The largest absolute Gasteiger partial charge is 0.450 e. The van der Waals surface area contributed by atoms with Gasteiger partial charge in [0.05, 0.1) is 5.39 Å².